The third kappa shape index (κ3) is 3.47. The van der Waals surface area contributed by atoms with Crippen LogP contribution in [0.5, 0.6) is 0 Å². The smallest absolute Gasteiger partial charge is 0.239 e. The van der Waals surface area contributed by atoms with Gasteiger partial charge in [0, 0.05) is 19.3 Å². The van der Waals surface area contributed by atoms with Crippen molar-refractivity contribution < 1.29 is 4.79 Å². The van der Waals surface area contributed by atoms with E-state index in [1.54, 1.807) is 0 Å². The lowest BCUT2D eigenvalue weighted by Gasteiger charge is -2.33. The standard InChI is InChI=1S/C14H23N3O/c1-5-16-14(3,13(15)18)10-17(4)12-8-6-11(2)7-9-12/h6-9,16H,5,10H2,1-4H3,(H2,15,18). The van der Waals surface area contributed by atoms with Crippen molar-refractivity contribution in [2.24, 2.45) is 5.73 Å². The Bertz CT molecular complexity index is 402. The Morgan fingerprint density at radius 3 is 2.39 bits per heavy atom. The number of rotatable bonds is 6. The summed E-state index contributed by atoms with van der Waals surface area (Å²) in [6.07, 6.45) is 0. The minimum atomic E-state index is -0.714. The number of carbonyl (C=O) groups excluding carboxylic acids is 1. The van der Waals surface area contributed by atoms with Crippen molar-refractivity contribution in [3.63, 3.8) is 0 Å². The van der Waals surface area contributed by atoms with Crippen LogP contribution in [-0.4, -0.2) is 31.6 Å². The van der Waals surface area contributed by atoms with Gasteiger partial charge < -0.3 is 16.0 Å². The zero-order chi connectivity index (χ0) is 13.8. The van der Waals surface area contributed by atoms with Gasteiger partial charge in [-0.05, 0) is 32.5 Å². The number of amides is 1. The Kier molecular flexibility index (Phi) is 4.73. The Balaban J connectivity index is 2.81. The molecule has 1 amide bonds. The van der Waals surface area contributed by atoms with Crippen molar-refractivity contribution in [3.05, 3.63) is 29.8 Å². The molecule has 0 saturated carbocycles. The van der Waals surface area contributed by atoms with Crippen molar-refractivity contribution >= 4 is 11.6 Å². The van der Waals surface area contributed by atoms with Crippen LogP contribution in [0.1, 0.15) is 19.4 Å². The lowest BCUT2D eigenvalue weighted by Crippen LogP contribution is -2.59. The lowest BCUT2D eigenvalue weighted by atomic mass is 10.0. The van der Waals surface area contributed by atoms with Gasteiger partial charge in [0.2, 0.25) is 5.91 Å². The fourth-order valence-corrected chi connectivity index (χ4v) is 1.98. The van der Waals surface area contributed by atoms with Crippen molar-refractivity contribution in [1.82, 2.24) is 5.32 Å². The molecule has 100 valence electrons. The summed E-state index contributed by atoms with van der Waals surface area (Å²) in [4.78, 5) is 13.6. The number of nitrogens with zero attached hydrogens (tertiary/aromatic N) is 1. The number of nitrogens with two attached hydrogens (primary N) is 1. The molecule has 0 aliphatic carbocycles. The number of carbonyl (C=O) groups is 1. The molecule has 1 aromatic rings. The van der Waals surface area contributed by atoms with E-state index in [0.29, 0.717) is 13.1 Å². The molecule has 0 aromatic heterocycles. The van der Waals surface area contributed by atoms with Gasteiger partial charge in [-0.3, -0.25) is 4.79 Å². The third-order valence-electron chi connectivity index (χ3n) is 3.14. The highest BCUT2D eigenvalue weighted by molar-refractivity contribution is 5.85. The number of likely N-dealkylation sites (N-methyl/N-ethyl adjacent to an activating group) is 2. The van der Waals surface area contributed by atoms with Crippen LogP contribution >= 0.6 is 0 Å². The van der Waals surface area contributed by atoms with Gasteiger partial charge in [0.25, 0.3) is 0 Å². The van der Waals surface area contributed by atoms with Gasteiger partial charge in [-0.1, -0.05) is 24.6 Å². The van der Waals surface area contributed by atoms with Crippen molar-refractivity contribution in [2.75, 3.05) is 25.0 Å². The third-order valence-corrected chi connectivity index (χ3v) is 3.14. The molecule has 18 heavy (non-hydrogen) atoms. The van der Waals surface area contributed by atoms with Crippen LogP contribution < -0.4 is 16.0 Å². The number of primary amides is 1. The van der Waals surface area contributed by atoms with E-state index in [4.69, 9.17) is 5.73 Å². The van der Waals surface area contributed by atoms with Crippen LogP contribution in [0.15, 0.2) is 24.3 Å². The SMILES string of the molecule is CCNC(C)(CN(C)c1ccc(C)cc1)C(N)=O. The fraction of sp³-hybridized carbons (Fsp3) is 0.500. The first kappa shape index (κ1) is 14.5. The first-order valence-electron chi connectivity index (χ1n) is 6.22. The summed E-state index contributed by atoms with van der Waals surface area (Å²) in [6, 6.07) is 8.20. The van der Waals surface area contributed by atoms with Crippen molar-refractivity contribution in [2.45, 2.75) is 26.3 Å². The summed E-state index contributed by atoms with van der Waals surface area (Å²) >= 11 is 0. The molecule has 0 heterocycles. The molecule has 1 rings (SSSR count). The monoisotopic (exact) mass is 249 g/mol. The summed E-state index contributed by atoms with van der Waals surface area (Å²) in [6.45, 7) is 7.10. The number of anilines is 1. The largest absolute Gasteiger partial charge is 0.372 e. The average molecular weight is 249 g/mol. The quantitative estimate of drug-likeness (QED) is 0.798. The fourth-order valence-electron chi connectivity index (χ4n) is 1.98. The molecule has 0 spiro atoms. The molecule has 0 saturated heterocycles. The number of aryl methyl sites for hydroxylation is 1. The molecule has 4 nitrogen and oxygen atoms in total. The van der Waals surface area contributed by atoms with Crippen LogP contribution in [0, 0.1) is 6.92 Å². The summed E-state index contributed by atoms with van der Waals surface area (Å²) in [5.74, 6) is -0.330. The number of hydrogen-bond donors (Lipinski definition) is 2. The molecule has 0 fully saturated rings. The molecule has 0 aliphatic rings. The molecule has 1 atom stereocenters. The first-order valence-corrected chi connectivity index (χ1v) is 6.22. The second-order valence-corrected chi connectivity index (χ2v) is 4.92. The predicted octanol–water partition coefficient (Wildman–Crippen LogP) is 1.28. The Labute approximate surface area is 109 Å². The topological polar surface area (TPSA) is 58.4 Å². The summed E-state index contributed by atoms with van der Waals surface area (Å²) in [7, 11) is 1.96. The van der Waals surface area contributed by atoms with Gasteiger partial charge in [-0.25, -0.2) is 0 Å². The van der Waals surface area contributed by atoms with E-state index in [9.17, 15) is 4.79 Å². The summed E-state index contributed by atoms with van der Waals surface area (Å²) in [5.41, 5.74) is 7.06. The van der Waals surface area contributed by atoms with E-state index in [-0.39, 0.29) is 5.91 Å². The molecule has 4 heteroatoms. The van der Waals surface area contributed by atoms with E-state index in [1.165, 1.54) is 5.56 Å². The maximum absolute atomic E-state index is 11.6. The van der Waals surface area contributed by atoms with Crippen LogP contribution in [0.4, 0.5) is 5.69 Å². The highest BCUT2D eigenvalue weighted by Crippen LogP contribution is 2.16. The van der Waals surface area contributed by atoms with Gasteiger partial charge in [0.15, 0.2) is 0 Å². The maximum Gasteiger partial charge on any atom is 0.239 e. The predicted molar refractivity (Wildman–Crippen MR) is 75.7 cm³/mol. The number of hydrogen-bond acceptors (Lipinski definition) is 3. The van der Waals surface area contributed by atoms with Gasteiger partial charge in [0.1, 0.15) is 5.54 Å². The highest BCUT2D eigenvalue weighted by atomic mass is 16.1. The Morgan fingerprint density at radius 1 is 1.39 bits per heavy atom. The second kappa shape index (κ2) is 5.87. The minimum Gasteiger partial charge on any atom is -0.372 e. The average Bonchev–Trinajstić information content (AvgIpc) is 2.29. The number of benzene rings is 1. The Morgan fingerprint density at radius 2 is 1.94 bits per heavy atom. The Hall–Kier alpha value is -1.55. The highest BCUT2D eigenvalue weighted by Gasteiger charge is 2.31. The molecule has 0 radical (unpaired) electrons. The molecule has 0 bridgehead atoms. The number of nitrogens with one attached hydrogen (secondary N) is 1. The van der Waals surface area contributed by atoms with E-state index in [0.717, 1.165) is 5.69 Å². The summed E-state index contributed by atoms with van der Waals surface area (Å²) in [5, 5.41) is 3.15. The lowest BCUT2D eigenvalue weighted by molar-refractivity contribution is -0.123. The van der Waals surface area contributed by atoms with Crippen LogP contribution in [0.2, 0.25) is 0 Å². The molecule has 1 unspecified atom stereocenters. The molecule has 1 aromatic carbocycles. The first-order chi connectivity index (χ1) is 8.39. The normalized spacial score (nSPS) is 14.0. The van der Waals surface area contributed by atoms with Crippen LogP contribution in [0.25, 0.3) is 0 Å². The van der Waals surface area contributed by atoms with Gasteiger partial charge in [0.05, 0.1) is 0 Å². The zero-order valence-electron chi connectivity index (χ0n) is 11.7. The van der Waals surface area contributed by atoms with E-state index < -0.39 is 5.54 Å². The minimum absolute atomic E-state index is 0.330. The zero-order valence-corrected chi connectivity index (χ0v) is 11.7. The molecular weight excluding hydrogens is 226 g/mol. The van der Waals surface area contributed by atoms with Crippen molar-refractivity contribution in [1.29, 1.82) is 0 Å². The van der Waals surface area contributed by atoms with Crippen molar-refractivity contribution in [3.8, 4) is 0 Å². The molecule has 3 N–H and O–H groups in total. The van der Waals surface area contributed by atoms with E-state index in [2.05, 4.69) is 24.4 Å². The van der Waals surface area contributed by atoms with Gasteiger partial charge >= 0.3 is 0 Å². The molecule has 0 aliphatic heterocycles. The van der Waals surface area contributed by atoms with Gasteiger partial charge in [-0.15, -0.1) is 0 Å². The molecular formula is C14H23N3O. The van der Waals surface area contributed by atoms with Crippen LogP contribution in [0.3, 0.4) is 0 Å². The van der Waals surface area contributed by atoms with Gasteiger partial charge in [-0.2, -0.15) is 0 Å². The second-order valence-electron chi connectivity index (χ2n) is 4.92. The van der Waals surface area contributed by atoms with E-state index >= 15 is 0 Å². The van der Waals surface area contributed by atoms with Crippen LogP contribution in [-0.2, 0) is 4.79 Å². The maximum atomic E-state index is 11.6. The summed E-state index contributed by atoms with van der Waals surface area (Å²) < 4.78 is 0. The van der Waals surface area contributed by atoms with E-state index in [1.807, 2.05) is 37.9 Å².